The average Bonchev–Trinajstić information content (AvgIpc) is 2.69. The smallest absolute Gasteiger partial charge is 0.316 e. The summed E-state index contributed by atoms with van der Waals surface area (Å²) in [5.41, 5.74) is 1.87. The molecule has 0 amide bonds. The van der Waals surface area contributed by atoms with Crippen molar-refractivity contribution in [2.75, 3.05) is 7.05 Å². The van der Waals surface area contributed by atoms with Crippen LogP contribution in [0.3, 0.4) is 0 Å². The minimum atomic E-state index is -4.31. The Morgan fingerprint density at radius 2 is 2.05 bits per heavy atom. The van der Waals surface area contributed by atoms with E-state index in [0.717, 1.165) is 23.4 Å². The van der Waals surface area contributed by atoms with Gasteiger partial charge < -0.3 is 5.32 Å². The summed E-state index contributed by atoms with van der Waals surface area (Å²) >= 11 is 0. The molecule has 0 aliphatic rings. The Kier molecular flexibility index (Phi) is 4.13. The van der Waals surface area contributed by atoms with Crippen LogP contribution in [0.5, 0.6) is 0 Å². The first-order chi connectivity index (χ1) is 9.40. The number of nitrogens with zero attached hydrogens (tertiary/aromatic N) is 2. The summed E-state index contributed by atoms with van der Waals surface area (Å²) in [7, 11) is 1.84. The Morgan fingerprint density at radius 3 is 2.70 bits per heavy atom. The number of hydrogen-bond donors (Lipinski definition) is 1. The lowest BCUT2D eigenvalue weighted by Gasteiger charge is -2.08. The molecule has 2 aromatic rings. The molecule has 0 radical (unpaired) electrons. The van der Waals surface area contributed by atoms with E-state index in [-0.39, 0.29) is 0 Å². The predicted molar refractivity (Wildman–Crippen MR) is 70.3 cm³/mol. The van der Waals surface area contributed by atoms with Crippen molar-refractivity contribution >= 4 is 0 Å². The first kappa shape index (κ1) is 14.6. The highest BCUT2D eigenvalue weighted by Gasteiger charge is 2.30. The van der Waals surface area contributed by atoms with Gasteiger partial charge in [-0.3, -0.25) is 4.68 Å². The normalized spacial score (nSPS) is 11.8. The van der Waals surface area contributed by atoms with Crippen molar-refractivity contribution in [2.45, 2.75) is 26.2 Å². The third-order valence-electron chi connectivity index (χ3n) is 3.01. The number of hydrogen-bond acceptors (Lipinski definition) is 2. The molecule has 1 heterocycles. The standard InChI is InChI=1S/C14H16F3N3/c1-10-12(7-18-2)9-20(19-10)8-11-4-3-5-13(6-11)14(15,16)17/h3-6,9,18H,7-8H2,1-2H3. The van der Waals surface area contributed by atoms with Gasteiger partial charge in [0.05, 0.1) is 17.8 Å². The zero-order valence-corrected chi connectivity index (χ0v) is 11.3. The van der Waals surface area contributed by atoms with Crippen LogP contribution in [0.25, 0.3) is 0 Å². The van der Waals surface area contributed by atoms with Gasteiger partial charge in [0, 0.05) is 18.3 Å². The van der Waals surface area contributed by atoms with E-state index in [1.165, 1.54) is 6.07 Å². The second-order valence-corrected chi connectivity index (χ2v) is 4.67. The molecule has 3 nitrogen and oxygen atoms in total. The van der Waals surface area contributed by atoms with Crippen LogP contribution >= 0.6 is 0 Å². The minimum absolute atomic E-state index is 0.328. The fraction of sp³-hybridized carbons (Fsp3) is 0.357. The largest absolute Gasteiger partial charge is 0.416 e. The van der Waals surface area contributed by atoms with Crippen molar-refractivity contribution in [1.29, 1.82) is 0 Å². The maximum atomic E-state index is 12.6. The van der Waals surface area contributed by atoms with Crippen LogP contribution in [0.2, 0.25) is 0 Å². The molecular weight excluding hydrogens is 267 g/mol. The van der Waals surface area contributed by atoms with Gasteiger partial charge in [-0.15, -0.1) is 0 Å². The second kappa shape index (κ2) is 5.66. The van der Waals surface area contributed by atoms with Gasteiger partial charge in [-0.1, -0.05) is 12.1 Å². The van der Waals surface area contributed by atoms with Gasteiger partial charge in [0.25, 0.3) is 0 Å². The fourth-order valence-electron chi connectivity index (χ4n) is 2.04. The lowest BCUT2D eigenvalue weighted by atomic mass is 10.1. The van der Waals surface area contributed by atoms with E-state index in [9.17, 15) is 13.2 Å². The SMILES string of the molecule is CNCc1cn(Cc2cccc(C(F)(F)F)c2)nc1C. The van der Waals surface area contributed by atoms with Gasteiger partial charge in [-0.2, -0.15) is 18.3 Å². The summed E-state index contributed by atoms with van der Waals surface area (Å²) in [6.07, 6.45) is -2.46. The summed E-state index contributed by atoms with van der Waals surface area (Å²) in [6, 6.07) is 5.33. The molecule has 1 aromatic carbocycles. The predicted octanol–water partition coefficient (Wildman–Crippen LogP) is 2.98. The Morgan fingerprint density at radius 1 is 1.30 bits per heavy atom. The van der Waals surface area contributed by atoms with E-state index in [0.29, 0.717) is 18.7 Å². The van der Waals surface area contributed by atoms with Crippen LogP contribution in [-0.2, 0) is 19.3 Å². The number of alkyl halides is 3. The van der Waals surface area contributed by atoms with Crippen LogP contribution in [-0.4, -0.2) is 16.8 Å². The molecule has 0 saturated carbocycles. The summed E-state index contributed by atoms with van der Waals surface area (Å²) in [6.45, 7) is 2.90. The Labute approximate surface area is 115 Å². The van der Waals surface area contributed by atoms with Gasteiger partial charge in [-0.25, -0.2) is 0 Å². The van der Waals surface area contributed by atoms with Crippen molar-refractivity contribution < 1.29 is 13.2 Å². The molecule has 20 heavy (non-hydrogen) atoms. The molecule has 2 rings (SSSR count). The summed E-state index contributed by atoms with van der Waals surface area (Å²) in [5, 5.41) is 7.34. The lowest BCUT2D eigenvalue weighted by Crippen LogP contribution is -2.07. The molecule has 0 spiro atoms. The van der Waals surface area contributed by atoms with Crippen molar-refractivity contribution in [1.82, 2.24) is 15.1 Å². The Balaban J connectivity index is 2.20. The van der Waals surface area contributed by atoms with Crippen molar-refractivity contribution in [3.05, 3.63) is 52.8 Å². The highest BCUT2D eigenvalue weighted by Crippen LogP contribution is 2.29. The number of benzene rings is 1. The summed E-state index contributed by atoms with van der Waals surface area (Å²) in [4.78, 5) is 0. The number of aromatic nitrogens is 2. The molecule has 0 aliphatic carbocycles. The van der Waals surface area contributed by atoms with E-state index in [4.69, 9.17) is 0 Å². The number of rotatable bonds is 4. The van der Waals surface area contributed by atoms with Gasteiger partial charge in [0.1, 0.15) is 0 Å². The molecule has 6 heteroatoms. The molecular formula is C14H16F3N3. The topological polar surface area (TPSA) is 29.9 Å². The van der Waals surface area contributed by atoms with E-state index < -0.39 is 11.7 Å². The van der Waals surface area contributed by atoms with Gasteiger partial charge in [0.15, 0.2) is 0 Å². The maximum absolute atomic E-state index is 12.6. The molecule has 0 unspecified atom stereocenters. The second-order valence-electron chi connectivity index (χ2n) is 4.67. The number of halogens is 3. The van der Waals surface area contributed by atoms with Crippen LogP contribution in [0, 0.1) is 6.92 Å². The zero-order valence-electron chi connectivity index (χ0n) is 11.3. The lowest BCUT2D eigenvalue weighted by molar-refractivity contribution is -0.137. The number of nitrogens with one attached hydrogen (secondary N) is 1. The van der Waals surface area contributed by atoms with Gasteiger partial charge in [-0.05, 0) is 31.7 Å². The molecule has 0 aliphatic heterocycles. The van der Waals surface area contributed by atoms with Crippen molar-refractivity contribution in [3.8, 4) is 0 Å². The monoisotopic (exact) mass is 283 g/mol. The summed E-state index contributed by atoms with van der Waals surface area (Å²) in [5.74, 6) is 0. The fourth-order valence-corrected chi connectivity index (χ4v) is 2.04. The third-order valence-corrected chi connectivity index (χ3v) is 3.01. The first-order valence-electron chi connectivity index (χ1n) is 6.24. The van der Waals surface area contributed by atoms with Crippen LogP contribution in [0.15, 0.2) is 30.5 Å². The number of aryl methyl sites for hydroxylation is 1. The summed E-state index contributed by atoms with van der Waals surface area (Å²) < 4.78 is 39.6. The highest BCUT2D eigenvalue weighted by atomic mass is 19.4. The third kappa shape index (κ3) is 3.39. The van der Waals surface area contributed by atoms with E-state index >= 15 is 0 Å². The molecule has 0 saturated heterocycles. The minimum Gasteiger partial charge on any atom is -0.316 e. The quantitative estimate of drug-likeness (QED) is 0.935. The molecule has 108 valence electrons. The maximum Gasteiger partial charge on any atom is 0.416 e. The molecule has 0 fully saturated rings. The van der Waals surface area contributed by atoms with Gasteiger partial charge >= 0.3 is 6.18 Å². The molecule has 0 bridgehead atoms. The van der Waals surface area contributed by atoms with Gasteiger partial charge in [0.2, 0.25) is 0 Å². The Bertz CT molecular complexity index is 588. The average molecular weight is 283 g/mol. The van der Waals surface area contributed by atoms with E-state index in [1.807, 2.05) is 20.2 Å². The first-order valence-corrected chi connectivity index (χ1v) is 6.24. The Hall–Kier alpha value is -1.82. The highest BCUT2D eigenvalue weighted by molar-refractivity contribution is 5.26. The van der Waals surface area contributed by atoms with E-state index in [2.05, 4.69) is 10.4 Å². The zero-order chi connectivity index (χ0) is 14.8. The molecule has 0 atom stereocenters. The van der Waals surface area contributed by atoms with Crippen molar-refractivity contribution in [3.63, 3.8) is 0 Å². The van der Waals surface area contributed by atoms with Crippen LogP contribution < -0.4 is 5.32 Å². The van der Waals surface area contributed by atoms with Crippen LogP contribution in [0.4, 0.5) is 13.2 Å². The van der Waals surface area contributed by atoms with Crippen molar-refractivity contribution in [2.24, 2.45) is 0 Å². The molecule has 1 aromatic heterocycles. The van der Waals surface area contributed by atoms with Crippen LogP contribution in [0.1, 0.15) is 22.4 Å². The van der Waals surface area contributed by atoms with E-state index in [1.54, 1.807) is 10.7 Å². The molecule has 1 N–H and O–H groups in total.